The lowest BCUT2D eigenvalue weighted by atomic mass is 10.1. The number of hydrogen-bond acceptors (Lipinski definition) is 3. The summed E-state index contributed by atoms with van der Waals surface area (Å²) >= 11 is 0. The Morgan fingerprint density at radius 3 is 2.30 bits per heavy atom. The first-order valence-corrected chi connectivity index (χ1v) is 3.73. The fourth-order valence-corrected chi connectivity index (χ4v) is 0.952. The minimum absolute atomic E-state index is 0.185. The van der Waals surface area contributed by atoms with Crippen molar-refractivity contribution in [3.05, 3.63) is 0 Å². The van der Waals surface area contributed by atoms with Crippen molar-refractivity contribution >= 4 is 0 Å². The van der Waals surface area contributed by atoms with E-state index in [1.165, 1.54) is 0 Å². The van der Waals surface area contributed by atoms with E-state index in [0.717, 1.165) is 6.42 Å². The molecule has 1 atom stereocenters. The van der Waals surface area contributed by atoms with Gasteiger partial charge in [-0.1, -0.05) is 13.8 Å². The van der Waals surface area contributed by atoms with Gasteiger partial charge < -0.3 is 5.11 Å². The van der Waals surface area contributed by atoms with Crippen LogP contribution in [-0.4, -0.2) is 24.8 Å². The number of hydrazine groups is 1. The third-order valence-corrected chi connectivity index (χ3v) is 1.32. The van der Waals surface area contributed by atoms with Gasteiger partial charge in [-0.2, -0.15) is 0 Å². The van der Waals surface area contributed by atoms with Gasteiger partial charge in [0.1, 0.15) is 0 Å². The van der Waals surface area contributed by atoms with Crippen LogP contribution in [0.4, 0.5) is 0 Å². The smallest absolute Gasteiger partial charge is 0.0598 e. The van der Waals surface area contributed by atoms with Crippen LogP contribution in [0, 0.1) is 5.92 Å². The summed E-state index contributed by atoms with van der Waals surface area (Å²) < 4.78 is 0. The van der Waals surface area contributed by atoms with Gasteiger partial charge in [0.2, 0.25) is 0 Å². The Bertz CT molecular complexity index is 76.0. The molecule has 3 N–H and O–H groups in total. The molecule has 0 radical (unpaired) electrons. The zero-order chi connectivity index (χ0) is 7.98. The van der Waals surface area contributed by atoms with Crippen LogP contribution in [0.15, 0.2) is 0 Å². The van der Waals surface area contributed by atoms with Crippen LogP contribution >= 0.6 is 0 Å². The van der Waals surface area contributed by atoms with Crippen molar-refractivity contribution in [3.63, 3.8) is 0 Å². The molecule has 0 fully saturated rings. The minimum atomic E-state index is 0.185. The molecule has 0 aliphatic heterocycles. The van der Waals surface area contributed by atoms with Crippen LogP contribution in [0.1, 0.15) is 20.3 Å². The molecule has 0 heterocycles. The molecule has 0 aromatic heterocycles. The second-order valence-corrected chi connectivity index (χ2v) is 2.90. The van der Waals surface area contributed by atoms with Gasteiger partial charge in [0.05, 0.1) is 6.61 Å². The highest BCUT2D eigenvalue weighted by Crippen LogP contribution is 2.02. The first kappa shape index (κ1) is 9.88. The topological polar surface area (TPSA) is 44.3 Å². The molecule has 3 heteroatoms. The number of aliphatic hydroxyl groups is 1. The summed E-state index contributed by atoms with van der Waals surface area (Å²) in [6.45, 7) is 4.47. The molecule has 0 rings (SSSR count). The zero-order valence-corrected chi connectivity index (χ0v) is 7.02. The molecule has 0 unspecified atom stereocenters. The summed E-state index contributed by atoms with van der Waals surface area (Å²) in [5.41, 5.74) is 5.78. The highest BCUT2D eigenvalue weighted by molar-refractivity contribution is 4.63. The molecule has 0 aromatic rings. The molecular weight excluding hydrogens is 128 g/mol. The van der Waals surface area contributed by atoms with E-state index in [1.807, 2.05) is 7.05 Å². The van der Waals surface area contributed by atoms with Crippen molar-refractivity contribution in [2.45, 2.75) is 26.3 Å². The van der Waals surface area contributed by atoms with Gasteiger partial charge in [-0.05, 0) is 19.4 Å². The summed E-state index contributed by atoms with van der Waals surface area (Å²) in [6.07, 6.45) is 0.997. The Kier molecular flexibility index (Phi) is 5.58. The van der Waals surface area contributed by atoms with E-state index in [-0.39, 0.29) is 12.6 Å². The SMILES string of the molecule is CNN[C@@H](CO)CC(C)C. The first-order chi connectivity index (χ1) is 4.70. The first-order valence-electron chi connectivity index (χ1n) is 3.73. The van der Waals surface area contributed by atoms with Crippen LogP contribution in [0.5, 0.6) is 0 Å². The van der Waals surface area contributed by atoms with Crippen LogP contribution in [0.25, 0.3) is 0 Å². The largest absolute Gasteiger partial charge is 0.395 e. The maximum absolute atomic E-state index is 8.80. The molecule has 0 aromatic carbocycles. The van der Waals surface area contributed by atoms with E-state index in [9.17, 15) is 0 Å². The van der Waals surface area contributed by atoms with Crippen LogP contribution in [0.3, 0.4) is 0 Å². The average molecular weight is 146 g/mol. The summed E-state index contributed by atoms with van der Waals surface area (Å²) in [7, 11) is 1.81. The van der Waals surface area contributed by atoms with E-state index < -0.39 is 0 Å². The zero-order valence-electron chi connectivity index (χ0n) is 7.02. The molecule has 3 nitrogen and oxygen atoms in total. The third kappa shape index (κ3) is 4.73. The van der Waals surface area contributed by atoms with Gasteiger partial charge in [-0.25, -0.2) is 0 Å². The van der Waals surface area contributed by atoms with E-state index in [1.54, 1.807) is 0 Å². The molecule has 62 valence electrons. The van der Waals surface area contributed by atoms with E-state index in [2.05, 4.69) is 24.7 Å². The number of nitrogens with one attached hydrogen (secondary N) is 2. The highest BCUT2D eigenvalue weighted by Gasteiger charge is 2.06. The molecule has 0 saturated carbocycles. The monoisotopic (exact) mass is 146 g/mol. The minimum Gasteiger partial charge on any atom is -0.395 e. The van der Waals surface area contributed by atoms with Crippen molar-refractivity contribution in [2.24, 2.45) is 5.92 Å². The predicted octanol–water partition coefficient (Wildman–Crippen LogP) is 0.117. The third-order valence-electron chi connectivity index (χ3n) is 1.32. The Labute approximate surface area is 62.8 Å². The Hall–Kier alpha value is -0.120. The molecule has 0 spiro atoms. The summed E-state index contributed by atoms with van der Waals surface area (Å²) in [4.78, 5) is 0. The summed E-state index contributed by atoms with van der Waals surface area (Å²) in [5.74, 6) is 0.623. The van der Waals surface area contributed by atoms with Gasteiger partial charge in [-0.15, -0.1) is 0 Å². The second-order valence-electron chi connectivity index (χ2n) is 2.90. The Morgan fingerprint density at radius 1 is 1.40 bits per heavy atom. The van der Waals surface area contributed by atoms with Crippen molar-refractivity contribution in [1.82, 2.24) is 10.9 Å². The lowest BCUT2D eigenvalue weighted by Gasteiger charge is -2.16. The standard InChI is InChI=1S/C7H18N2O/c1-6(2)4-7(5-10)9-8-3/h6-10H,4-5H2,1-3H3/t7-/m1/s1. The molecule has 0 aliphatic rings. The lowest BCUT2D eigenvalue weighted by Crippen LogP contribution is -2.41. The van der Waals surface area contributed by atoms with Gasteiger partial charge in [0, 0.05) is 6.04 Å². The Morgan fingerprint density at radius 2 is 2.00 bits per heavy atom. The predicted molar refractivity (Wildman–Crippen MR) is 42.5 cm³/mol. The van der Waals surface area contributed by atoms with E-state index in [4.69, 9.17) is 5.11 Å². The molecule has 10 heavy (non-hydrogen) atoms. The van der Waals surface area contributed by atoms with Crippen LogP contribution in [-0.2, 0) is 0 Å². The molecule has 0 bridgehead atoms. The second kappa shape index (κ2) is 5.65. The Balaban J connectivity index is 3.39. The van der Waals surface area contributed by atoms with Crippen molar-refractivity contribution < 1.29 is 5.11 Å². The maximum atomic E-state index is 8.80. The number of hydrogen-bond donors (Lipinski definition) is 3. The van der Waals surface area contributed by atoms with Crippen molar-refractivity contribution in [2.75, 3.05) is 13.7 Å². The van der Waals surface area contributed by atoms with Gasteiger partial charge >= 0.3 is 0 Å². The van der Waals surface area contributed by atoms with Gasteiger partial charge in [0.15, 0.2) is 0 Å². The van der Waals surface area contributed by atoms with Crippen LogP contribution in [0.2, 0.25) is 0 Å². The summed E-state index contributed by atoms with van der Waals surface area (Å²) in [5, 5.41) is 8.80. The fraction of sp³-hybridized carbons (Fsp3) is 1.00. The lowest BCUT2D eigenvalue weighted by molar-refractivity contribution is 0.215. The van der Waals surface area contributed by atoms with Crippen molar-refractivity contribution in [1.29, 1.82) is 0 Å². The molecule has 0 saturated heterocycles. The van der Waals surface area contributed by atoms with Crippen LogP contribution < -0.4 is 10.9 Å². The quantitative estimate of drug-likeness (QED) is 0.483. The van der Waals surface area contributed by atoms with Gasteiger partial charge in [0.25, 0.3) is 0 Å². The van der Waals surface area contributed by atoms with E-state index in [0.29, 0.717) is 5.92 Å². The molecule has 0 aliphatic carbocycles. The highest BCUT2D eigenvalue weighted by atomic mass is 16.3. The summed E-state index contributed by atoms with van der Waals surface area (Å²) in [6, 6.07) is 0.185. The van der Waals surface area contributed by atoms with Gasteiger partial charge in [-0.3, -0.25) is 10.9 Å². The average Bonchev–Trinajstić information content (AvgIpc) is 1.86. The molecular formula is C7H18N2O. The number of aliphatic hydroxyl groups excluding tert-OH is 1. The normalized spacial score (nSPS) is 14.1. The number of rotatable bonds is 5. The fourth-order valence-electron chi connectivity index (χ4n) is 0.952. The maximum Gasteiger partial charge on any atom is 0.0598 e. The molecule has 0 amide bonds. The van der Waals surface area contributed by atoms with E-state index >= 15 is 0 Å². The van der Waals surface area contributed by atoms with Crippen molar-refractivity contribution in [3.8, 4) is 0 Å².